The van der Waals surface area contributed by atoms with Crippen LogP contribution in [0.4, 0.5) is 13.2 Å². The van der Waals surface area contributed by atoms with Gasteiger partial charge in [0.15, 0.2) is 0 Å². The summed E-state index contributed by atoms with van der Waals surface area (Å²) in [4.78, 5) is 27.4. The summed E-state index contributed by atoms with van der Waals surface area (Å²) in [6, 6.07) is 7.31. The van der Waals surface area contributed by atoms with E-state index in [1.165, 1.54) is 37.6 Å². The Balaban J connectivity index is 2.14. The molecule has 0 aliphatic rings. The van der Waals surface area contributed by atoms with E-state index in [4.69, 9.17) is 0 Å². The van der Waals surface area contributed by atoms with Gasteiger partial charge in [-0.2, -0.15) is 13.2 Å². The number of benzene rings is 1. The molecule has 1 aromatic carbocycles. The number of amides is 1. The summed E-state index contributed by atoms with van der Waals surface area (Å²) in [7, 11) is 1.22. The van der Waals surface area contributed by atoms with Gasteiger partial charge in [0, 0.05) is 6.20 Å². The Morgan fingerprint density at radius 2 is 1.92 bits per heavy atom. The standard InChI is InChI=1S/C16H13F3N2O3/c1-24-15(23)10-6-7-20-11(8-10)9-21-14(22)12-4-2-3-5-13(12)16(17,18)19/h2-8H,9H2,1H3,(H,21,22). The predicted molar refractivity (Wildman–Crippen MR) is 78.2 cm³/mol. The molecule has 126 valence electrons. The maximum Gasteiger partial charge on any atom is 0.417 e. The van der Waals surface area contributed by atoms with Gasteiger partial charge in [-0.25, -0.2) is 4.79 Å². The molecular weight excluding hydrogens is 325 g/mol. The molecule has 0 aliphatic carbocycles. The van der Waals surface area contributed by atoms with E-state index in [-0.39, 0.29) is 12.1 Å². The number of aromatic nitrogens is 1. The van der Waals surface area contributed by atoms with E-state index in [1.807, 2.05) is 0 Å². The van der Waals surface area contributed by atoms with Crippen molar-refractivity contribution in [3.63, 3.8) is 0 Å². The highest BCUT2D eigenvalue weighted by Gasteiger charge is 2.34. The van der Waals surface area contributed by atoms with Crippen LogP contribution in [0.3, 0.4) is 0 Å². The van der Waals surface area contributed by atoms with Gasteiger partial charge in [-0.1, -0.05) is 12.1 Å². The van der Waals surface area contributed by atoms with Crippen molar-refractivity contribution in [2.75, 3.05) is 7.11 Å². The number of nitrogens with one attached hydrogen (secondary N) is 1. The van der Waals surface area contributed by atoms with Crippen LogP contribution in [0, 0.1) is 0 Å². The molecule has 0 atom stereocenters. The van der Waals surface area contributed by atoms with Gasteiger partial charge in [0.1, 0.15) is 0 Å². The molecule has 0 fully saturated rings. The first-order chi connectivity index (χ1) is 11.3. The summed E-state index contributed by atoms with van der Waals surface area (Å²) in [5.74, 6) is -1.46. The van der Waals surface area contributed by atoms with E-state index in [2.05, 4.69) is 15.0 Å². The fourth-order valence-electron chi connectivity index (χ4n) is 2.01. The first-order valence-electron chi connectivity index (χ1n) is 6.80. The lowest BCUT2D eigenvalue weighted by atomic mass is 10.1. The number of halogens is 3. The van der Waals surface area contributed by atoms with Gasteiger partial charge >= 0.3 is 12.1 Å². The van der Waals surface area contributed by atoms with Crippen LogP contribution in [0.1, 0.15) is 32.0 Å². The van der Waals surface area contributed by atoms with Gasteiger partial charge in [-0.05, 0) is 24.3 Å². The van der Waals surface area contributed by atoms with Crippen LogP contribution in [0.15, 0.2) is 42.6 Å². The minimum absolute atomic E-state index is 0.129. The third-order valence-corrected chi connectivity index (χ3v) is 3.14. The number of ether oxygens (including phenoxy) is 1. The van der Waals surface area contributed by atoms with Crippen LogP contribution >= 0.6 is 0 Å². The maximum absolute atomic E-state index is 12.9. The van der Waals surface area contributed by atoms with E-state index in [0.29, 0.717) is 5.69 Å². The van der Waals surface area contributed by atoms with E-state index in [1.54, 1.807) is 0 Å². The quantitative estimate of drug-likeness (QED) is 0.871. The van der Waals surface area contributed by atoms with Crippen LogP contribution in [-0.4, -0.2) is 24.0 Å². The number of carbonyl (C=O) groups excluding carboxylic acids is 2. The largest absolute Gasteiger partial charge is 0.465 e. The summed E-state index contributed by atoms with van der Waals surface area (Å²) < 4.78 is 43.3. The van der Waals surface area contributed by atoms with Crippen LogP contribution < -0.4 is 5.32 Å². The van der Waals surface area contributed by atoms with Crippen molar-refractivity contribution in [2.45, 2.75) is 12.7 Å². The second kappa shape index (κ2) is 7.12. The molecule has 0 spiro atoms. The summed E-state index contributed by atoms with van der Waals surface area (Å²) in [5, 5.41) is 2.36. The Kier molecular flexibility index (Phi) is 5.18. The Morgan fingerprint density at radius 3 is 2.58 bits per heavy atom. The van der Waals surface area contributed by atoms with Crippen molar-refractivity contribution in [1.82, 2.24) is 10.3 Å². The number of nitrogens with zero attached hydrogens (tertiary/aromatic N) is 1. The SMILES string of the molecule is COC(=O)c1ccnc(CNC(=O)c2ccccc2C(F)(F)F)c1. The zero-order chi connectivity index (χ0) is 17.7. The average molecular weight is 338 g/mol. The zero-order valence-electron chi connectivity index (χ0n) is 12.6. The normalized spacial score (nSPS) is 11.0. The number of hydrogen-bond donors (Lipinski definition) is 1. The second-order valence-electron chi connectivity index (χ2n) is 4.75. The molecule has 0 unspecified atom stereocenters. The molecule has 1 heterocycles. The highest BCUT2D eigenvalue weighted by Crippen LogP contribution is 2.31. The Hall–Kier alpha value is -2.90. The van der Waals surface area contributed by atoms with Crippen LogP contribution in [-0.2, 0) is 17.5 Å². The lowest BCUT2D eigenvalue weighted by Gasteiger charge is -2.12. The second-order valence-corrected chi connectivity index (χ2v) is 4.75. The fraction of sp³-hybridized carbons (Fsp3) is 0.188. The summed E-state index contributed by atoms with van der Waals surface area (Å²) in [5.41, 5.74) is -0.948. The van der Waals surface area contributed by atoms with Crippen molar-refractivity contribution in [2.24, 2.45) is 0 Å². The molecule has 0 bridgehead atoms. The first-order valence-corrected chi connectivity index (χ1v) is 6.80. The smallest absolute Gasteiger partial charge is 0.417 e. The third-order valence-electron chi connectivity index (χ3n) is 3.14. The number of carbonyl (C=O) groups is 2. The topological polar surface area (TPSA) is 68.3 Å². The minimum Gasteiger partial charge on any atom is -0.465 e. The lowest BCUT2D eigenvalue weighted by Crippen LogP contribution is -2.26. The van der Waals surface area contributed by atoms with E-state index in [0.717, 1.165) is 12.1 Å². The zero-order valence-corrected chi connectivity index (χ0v) is 12.6. The van der Waals surface area contributed by atoms with Crippen LogP contribution in [0.2, 0.25) is 0 Å². The molecule has 5 nitrogen and oxygen atoms in total. The highest BCUT2D eigenvalue weighted by molar-refractivity contribution is 5.95. The molecule has 8 heteroatoms. The highest BCUT2D eigenvalue weighted by atomic mass is 19.4. The molecule has 0 aliphatic heterocycles. The lowest BCUT2D eigenvalue weighted by molar-refractivity contribution is -0.137. The van der Waals surface area contributed by atoms with Crippen LogP contribution in [0.5, 0.6) is 0 Å². The van der Waals surface area contributed by atoms with Crippen molar-refractivity contribution in [1.29, 1.82) is 0 Å². The predicted octanol–water partition coefficient (Wildman–Crippen LogP) is 2.82. The monoisotopic (exact) mass is 338 g/mol. The molecule has 2 rings (SSSR count). The molecule has 1 N–H and O–H groups in total. The van der Waals surface area contributed by atoms with Gasteiger partial charge in [-0.3, -0.25) is 9.78 Å². The fourth-order valence-corrected chi connectivity index (χ4v) is 2.01. The molecular formula is C16H13F3N2O3. The van der Waals surface area contributed by atoms with Crippen molar-refractivity contribution in [3.8, 4) is 0 Å². The van der Waals surface area contributed by atoms with Crippen molar-refractivity contribution >= 4 is 11.9 Å². The molecule has 2 aromatic rings. The number of rotatable bonds is 4. The van der Waals surface area contributed by atoms with Gasteiger partial charge in [-0.15, -0.1) is 0 Å². The Morgan fingerprint density at radius 1 is 1.21 bits per heavy atom. The molecule has 1 aromatic heterocycles. The van der Waals surface area contributed by atoms with Gasteiger partial charge in [0.25, 0.3) is 5.91 Å². The summed E-state index contributed by atoms with van der Waals surface area (Å²) in [6.45, 7) is -0.129. The third kappa shape index (κ3) is 4.09. The van der Waals surface area contributed by atoms with Gasteiger partial charge < -0.3 is 10.1 Å². The van der Waals surface area contributed by atoms with E-state index >= 15 is 0 Å². The molecule has 0 saturated heterocycles. The Bertz CT molecular complexity index is 760. The number of pyridine rings is 1. The molecule has 0 radical (unpaired) electrons. The van der Waals surface area contributed by atoms with Gasteiger partial charge in [0.05, 0.1) is 36.0 Å². The Labute approximate surface area is 135 Å². The number of hydrogen-bond acceptors (Lipinski definition) is 4. The summed E-state index contributed by atoms with van der Waals surface area (Å²) in [6.07, 6.45) is -3.28. The number of esters is 1. The van der Waals surface area contributed by atoms with Crippen LogP contribution in [0.25, 0.3) is 0 Å². The number of alkyl halides is 3. The van der Waals surface area contributed by atoms with E-state index < -0.39 is 29.2 Å². The maximum atomic E-state index is 12.9. The number of methoxy groups -OCH3 is 1. The summed E-state index contributed by atoms with van der Waals surface area (Å²) >= 11 is 0. The molecule has 1 amide bonds. The molecule has 24 heavy (non-hydrogen) atoms. The minimum atomic E-state index is -4.63. The van der Waals surface area contributed by atoms with Crippen molar-refractivity contribution in [3.05, 3.63) is 65.0 Å². The average Bonchev–Trinajstić information content (AvgIpc) is 2.58. The van der Waals surface area contributed by atoms with Gasteiger partial charge in [0.2, 0.25) is 0 Å². The molecule has 0 saturated carbocycles. The van der Waals surface area contributed by atoms with Crippen molar-refractivity contribution < 1.29 is 27.5 Å². The first kappa shape index (κ1) is 17.5. The van der Waals surface area contributed by atoms with E-state index in [9.17, 15) is 22.8 Å².